The fraction of sp³-hybridized carbons (Fsp3) is 0.600. The number of methoxy groups -OCH3 is 1. The van der Waals surface area contributed by atoms with E-state index in [2.05, 4.69) is 0 Å². The van der Waals surface area contributed by atoms with Crippen LogP contribution < -0.4 is 10.5 Å². The first-order chi connectivity index (χ1) is 9.84. The van der Waals surface area contributed by atoms with Crippen molar-refractivity contribution >= 4 is 0 Å². The van der Waals surface area contributed by atoms with E-state index in [1.807, 2.05) is 0 Å². The van der Waals surface area contributed by atoms with E-state index in [1.54, 1.807) is 0 Å². The van der Waals surface area contributed by atoms with Crippen molar-refractivity contribution in [3.63, 3.8) is 0 Å². The van der Waals surface area contributed by atoms with Gasteiger partial charge in [0.2, 0.25) is 0 Å². The molecule has 1 aliphatic rings. The van der Waals surface area contributed by atoms with Gasteiger partial charge >= 0.3 is 6.18 Å². The Morgan fingerprint density at radius 1 is 1.29 bits per heavy atom. The molecule has 0 unspecified atom stereocenters. The van der Waals surface area contributed by atoms with Gasteiger partial charge in [0.25, 0.3) is 0 Å². The zero-order valence-electron chi connectivity index (χ0n) is 11.9. The van der Waals surface area contributed by atoms with E-state index in [0.29, 0.717) is 0 Å². The second-order valence-electron chi connectivity index (χ2n) is 5.51. The first-order valence-electron chi connectivity index (χ1n) is 7.03. The molecule has 0 radical (unpaired) electrons. The molecule has 1 aliphatic carbocycles. The predicted octanol–water partition coefficient (Wildman–Crippen LogP) is 3.26. The minimum atomic E-state index is -4.53. The second-order valence-corrected chi connectivity index (χ2v) is 5.51. The highest BCUT2D eigenvalue weighted by molar-refractivity contribution is 5.39. The van der Waals surface area contributed by atoms with Crippen molar-refractivity contribution < 1.29 is 23.0 Å². The van der Waals surface area contributed by atoms with Crippen molar-refractivity contribution in [2.75, 3.05) is 7.11 Å². The molecule has 1 aromatic rings. The summed E-state index contributed by atoms with van der Waals surface area (Å²) in [4.78, 5) is 0. The van der Waals surface area contributed by atoms with Crippen molar-refractivity contribution in [3.8, 4) is 5.75 Å². The van der Waals surface area contributed by atoms with Gasteiger partial charge in [-0.05, 0) is 36.5 Å². The maximum Gasteiger partial charge on any atom is 0.416 e. The highest BCUT2D eigenvalue weighted by Crippen LogP contribution is 2.39. The molecule has 1 fully saturated rings. The summed E-state index contributed by atoms with van der Waals surface area (Å²) in [6.07, 6.45) is -1.89. The number of benzene rings is 1. The number of aliphatic hydroxyl groups is 1. The molecule has 3 N–H and O–H groups in total. The van der Waals surface area contributed by atoms with Gasteiger partial charge in [-0.1, -0.05) is 18.9 Å². The normalized spacial score (nSPS) is 19.5. The number of hydrogen-bond donors (Lipinski definition) is 2. The summed E-state index contributed by atoms with van der Waals surface area (Å²) in [6, 6.07) is 2.61. The summed E-state index contributed by atoms with van der Waals surface area (Å²) >= 11 is 0. The summed E-state index contributed by atoms with van der Waals surface area (Å²) in [5, 5.41) is 10.3. The van der Waals surface area contributed by atoms with E-state index in [1.165, 1.54) is 19.2 Å². The molecule has 1 saturated carbocycles. The lowest BCUT2D eigenvalue weighted by atomic mass is 9.88. The van der Waals surface area contributed by atoms with E-state index >= 15 is 0 Å². The number of rotatable bonds is 4. The molecule has 2 atom stereocenters. The van der Waals surface area contributed by atoms with Crippen molar-refractivity contribution in [3.05, 3.63) is 29.3 Å². The van der Waals surface area contributed by atoms with Gasteiger partial charge in [-0.3, -0.25) is 0 Å². The minimum Gasteiger partial charge on any atom is -0.497 e. The molecule has 6 heteroatoms. The Hall–Kier alpha value is -1.27. The van der Waals surface area contributed by atoms with E-state index in [9.17, 15) is 18.3 Å². The summed E-state index contributed by atoms with van der Waals surface area (Å²) in [6.45, 7) is 0. The molecule has 0 heterocycles. The molecule has 0 spiro atoms. The van der Waals surface area contributed by atoms with Gasteiger partial charge in [0, 0.05) is 0 Å². The average molecular weight is 303 g/mol. The Morgan fingerprint density at radius 3 is 2.43 bits per heavy atom. The van der Waals surface area contributed by atoms with Gasteiger partial charge in [-0.15, -0.1) is 0 Å². The molecule has 3 nitrogen and oxygen atoms in total. The smallest absolute Gasteiger partial charge is 0.416 e. The molecular formula is C15H20F3NO2. The monoisotopic (exact) mass is 303 g/mol. The molecule has 2 rings (SSSR count). The third kappa shape index (κ3) is 3.49. The van der Waals surface area contributed by atoms with Gasteiger partial charge in [0.15, 0.2) is 0 Å². The average Bonchev–Trinajstić information content (AvgIpc) is 2.98. The van der Waals surface area contributed by atoms with Gasteiger partial charge in [0.05, 0.1) is 24.8 Å². The number of aliphatic hydroxyl groups excluding tert-OH is 1. The highest BCUT2D eigenvalue weighted by Gasteiger charge is 2.38. The maximum absolute atomic E-state index is 13.2. The van der Waals surface area contributed by atoms with Crippen LogP contribution in [0.3, 0.4) is 0 Å². The zero-order valence-corrected chi connectivity index (χ0v) is 11.9. The summed E-state index contributed by atoms with van der Waals surface area (Å²) in [7, 11) is 1.31. The number of alkyl halides is 3. The summed E-state index contributed by atoms with van der Waals surface area (Å²) in [5.41, 5.74) is 4.99. The largest absolute Gasteiger partial charge is 0.497 e. The molecule has 0 aromatic heterocycles. The third-order valence-corrected chi connectivity index (χ3v) is 4.18. The Balaban J connectivity index is 2.33. The van der Waals surface area contributed by atoms with Gasteiger partial charge in [-0.25, -0.2) is 0 Å². The van der Waals surface area contributed by atoms with Gasteiger partial charge in [0.1, 0.15) is 5.75 Å². The van der Waals surface area contributed by atoms with E-state index in [0.717, 1.165) is 31.7 Å². The first kappa shape index (κ1) is 16.1. The van der Waals surface area contributed by atoms with Crippen molar-refractivity contribution in [1.82, 2.24) is 0 Å². The SMILES string of the molecule is COc1ccc([C@@H](N)[C@@H](O)C2CCCC2)c(C(F)(F)F)c1. The van der Waals surface area contributed by atoms with Crippen LogP contribution in [-0.4, -0.2) is 18.3 Å². The van der Waals surface area contributed by atoms with Gasteiger partial charge < -0.3 is 15.6 Å². The van der Waals surface area contributed by atoms with Crippen LogP contribution in [-0.2, 0) is 6.18 Å². The Bertz CT molecular complexity index is 484. The van der Waals surface area contributed by atoms with E-state index < -0.39 is 23.9 Å². The number of halogens is 3. The number of nitrogens with two attached hydrogens (primary N) is 1. The van der Waals surface area contributed by atoms with E-state index in [4.69, 9.17) is 10.5 Å². The molecule has 0 aliphatic heterocycles. The number of hydrogen-bond acceptors (Lipinski definition) is 3. The molecule has 0 bridgehead atoms. The third-order valence-electron chi connectivity index (χ3n) is 4.18. The lowest BCUT2D eigenvalue weighted by Crippen LogP contribution is -2.33. The molecule has 1 aromatic carbocycles. The van der Waals surface area contributed by atoms with Crippen LogP contribution in [0, 0.1) is 5.92 Å². The Labute approximate surface area is 121 Å². The van der Waals surface area contributed by atoms with Crippen molar-refractivity contribution in [1.29, 1.82) is 0 Å². The van der Waals surface area contributed by atoms with Crippen LogP contribution in [0.1, 0.15) is 42.9 Å². The summed E-state index contributed by atoms with van der Waals surface area (Å²) < 4.78 is 44.4. The van der Waals surface area contributed by atoms with Gasteiger partial charge in [-0.2, -0.15) is 13.2 Å². The quantitative estimate of drug-likeness (QED) is 0.897. The standard InChI is InChI=1S/C15H20F3NO2/c1-21-10-6-7-11(12(8-10)15(16,17)18)13(19)14(20)9-4-2-3-5-9/h6-9,13-14,20H,2-5,19H2,1H3/t13-,14+/m1/s1. The van der Waals surface area contributed by atoms with Crippen molar-refractivity contribution in [2.45, 2.75) is 44.0 Å². The molecular weight excluding hydrogens is 283 g/mol. The lowest BCUT2D eigenvalue weighted by Gasteiger charge is -2.27. The highest BCUT2D eigenvalue weighted by atomic mass is 19.4. The molecule has 0 amide bonds. The molecule has 0 saturated heterocycles. The van der Waals surface area contributed by atoms with E-state index in [-0.39, 0.29) is 17.2 Å². The fourth-order valence-electron chi connectivity index (χ4n) is 2.97. The van der Waals surface area contributed by atoms with Crippen LogP contribution in [0.15, 0.2) is 18.2 Å². The molecule has 118 valence electrons. The van der Waals surface area contributed by atoms with Crippen LogP contribution in [0.5, 0.6) is 5.75 Å². The fourth-order valence-corrected chi connectivity index (χ4v) is 2.97. The second kappa shape index (κ2) is 6.23. The Kier molecular flexibility index (Phi) is 4.78. The topological polar surface area (TPSA) is 55.5 Å². The number of ether oxygens (including phenoxy) is 1. The Morgan fingerprint density at radius 2 is 1.90 bits per heavy atom. The first-order valence-corrected chi connectivity index (χ1v) is 7.03. The summed E-state index contributed by atoms with van der Waals surface area (Å²) in [5.74, 6) is 0.0943. The maximum atomic E-state index is 13.2. The van der Waals surface area contributed by atoms with Crippen LogP contribution in [0.4, 0.5) is 13.2 Å². The van der Waals surface area contributed by atoms with Crippen LogP contribution in [0.25, 0.3) is 0 Å². The van der Waals surface area contributed by atoms with Crippen LogP contribution in [0.2, 0.25) is 0 Å². The minimum absolute atomic E-state index is 0.0248. The van der Waals surface area contributed by atoms with Crippen molar-refractivity contribution in [2.24, 2.45) is 11.7 Å². The predicted molar refractivity (Wildman–Crippen MR) is 72.9 cm³/mol. The molecule has 21 heavy (non-hydrogen) atoms. The van der Waals surface area contributed by atoms with Crippen LogP contribution >= 0.6 is 0 Å². The zero-order chi connectivity index (χ0) is 15.6. The lowest BCUT2D eigenvalue weighted by molar-refractivity contribution is -0.138.